The van der Waals surface area contributed by atoms with Gasteiger partial charge in [0.15, 0.2) is 0 Å². The first-order chi connectivity index (χ1) is 9.07. The molecule has 0 radical (unpaired) electrons. The summed E-state index contributed by atoms with van der Waals surface area (Å²) in [5, 5.41) is 5.03. The third-order valence-corrected chi connectivity index (χ3v) is 7.15. The molecule has 106 valence electrons. The van der Waals surface area contributed by atoms with E-state index in [2.05, 4.69) is 16.8 Å². The van der Waals surface area contributed by atoms with Gasteiger partial charge in [-0.05, 0) is 43.2 Å². The molecule has 0 saturated heterocycles. The van der Waals surface area contributed by atoms with Crippen LogP contribution < -0.4 is 5.32 Å². The van der Waals surface area contributed by atoms with E-state index in [0.717, 1.165) is 6.42 Å². The quantitative estimate of drug-likeness (QED) is 0.898. The first kappa shape index (κ1) is 13.5. The summed E-state index contributed by atoms with van der Waals surface area (Å²) < 4.78 is 26.7. The Morgan fingerprint density at radius 1 is 1.53 bits per heavy atom. The Morgan fingerprint density at radius 2 is 2.32 bits per heavy atom. The largest absolute Gasteiger partial charge is 0.313 e. The molecule has 1 atom stereocenters. The SMILES string of the molecule is CC(CNC1CC1)S(=O)(=O)N1CCc2sccc2C1. The van der Waals surface area contributed by atoms with E-state index in [1.54, 1.807) is 15.6 Å². The van der Waals surface area contributed by atoms with Gasteiger partial charge in [0.1, 0.15) is 0 Å². The third kappa shape index (κ3) is 2.86. The third-order valence-electron chi connectivity index (χ3n) is 3.91. The van der Waals surface area contributed by atoms with Crippen LogP contribution in [0.2, 0.25) is 0 Å². The molecule has 6 heteroatoms. The van der Waals surface area contributed by atoms with Gasteiger partial charge in [-0.1, -0.05) is 0 Å². The van der Waals surface area contributed by atoms with Crippen molar-refractivity contribution in [3.05, 3.63) is 21.9 Å². The van der Waals surface area contributed by atoms with Gasteiger partial charge in [-0.15, -0.1) is 11.3 Å². The second-order valence-electron chi connectivity index (χ2n) is 5.49. The molecule has 1 aliphatic carbocycles. The van der Waals surface area contributed by atoms with E-state index in [1.807, 2.05) is 6.92 Å². The summed E-state index contributed by atoms with van der Waals surface area (Å²) >= 11 is 1.74. The van der Waals surface area contributed by atoms with Crippen molar-refractivity contribution < 1.29 is 8.42 Å². The standard InChI is InChI=1S/C13H20N2O2S2/c1-10(8-14-12-2-3-12)19(16,17)15-6-4-13-11(9-15)5-7-18-13/h5,7,10,12,14H,2-4,6,8-9H2,1H3. The Bertz CT molecular complexity index is 549. The number of sulfonamides is 1. The van der Waals surface area contributed by atoms with Crippen molar-refractivity contribution in [1.29, 1.82) is 0 Å². The molecule has 1 aliphatic heterocycles. The molecule has 1 fully saturated rings. The molecule has 3 rings (SSSR count). The lowest BCUT2D eigenvalue weighted by atomic mass is 10.1. The molecule has 1 aromatic heterocycles. The smallest absolute Gasteiger partial charge is 0.218 e. The Balaban J connectivity index is 1.66. The Labute approximate surface area is 118 Å². The van der Waals surface area contributed by atoms with Crippen molar-refractivity contribution in [2.24, 2.45) is 0 Å². The normalized spacial score (nSPS) is 22.2. The average Bonchev–Trinajstić information content (AvgIpc) is 3.10. The fraction of sp³-hybridized carbons (Fsp3) is 0.692. The molecule has 1 saturated carbocycles. The molecule has 4 nitrogen and oxygen atoms in total. The summed E-state index contributed by atoms with van der Waals surface area (Å²) in [6, 6.07) is 2.61. The first-order valence-corrected chi connectivity index (χ1v) is 9.23. The molecule has 0 amide bonds. The van der Waals surface area contributed by atoms with E-state index in [1.165, 1.54) is 23.3 Å². The van der Waals surface area contributed by atoms with Crippen LogP contribution in [0, 0.1) is 0 Å². The lowest BCUT2D eigenvalue weighted by Crippen LogP contribution is -2.44. The maximum atomic E-state index is 12.5. The Kier molecular flexibility index (Phi) is 3.68. The Hall–Kier alpha value is -0.430. The fourth-order valence-electron chi connectivity index (χ4n) is 2.42. The van der Waals surface area contributed by atoms with E-state index in [9.17, 15) is 8.42 Å². The van der Waals surface area contributed by atoms with Gasteiger partial charge >= 0.3 is 0 Å². The van der Waals surface area contributed by atoms with Crippen LogP contribution in [0.4, 0.5) is 0 Å². The molecule has 0 bridgehead atoms. The highest BCUT2D eigenvalue weighted by Crippen LogP contribution is 2.27. The minimum Gasteiger partial charge on any atom is -0.313 e. The second-order valence-corrected chi connectivity index (χ2v) is 8.84. The highest BCUT2D eigenvalue weighted by Gasteiger charge is 2.32. The minimum atomic E-state index is -3.18. The summed E-state index contributed by atoms with van der Waals surface area (Å²) in [6.45, 7) is 3.56. The topological polar surface area (TPSA) is 49.4 Å². The predicted molar refractivity (Wildman–Crippen MR) is 77.8 cm³/mol. The van der Waals surface area contributed by atoms with Crippen LogP contribution in [0.1, 0.15) is 30.2 Å². The monoisotopic (exact) mass is 300 g/mol. The van der Waals surface area contributed by atoms with E-state index < -0.39 is 10.0 Å². The zero-order valence-electron chi connectivity index (χ0n) is 11.1. The summed E-state index contributed by atoms with van der Waals surface area (Å²) in [7, 11) is -3.18. The van der Waals surface area contributed by atoms with Gasteiger partial charge in [0.05, 0.1) is 5.25 Å². The molecular weight excluding hydrogens is 280 g/mol. The van der Waals surface area contributed by atoms with Crippen molar-refractivity contribution in [2.45, 2.75) is 44.0 Å². The van der Waals surface area contributed by atoms with Crippen LogP contribution in [-0.4, -0.2) is 37.1 Å². The number of hydrogen-bond acceptors (Lipinski definition) is 4. The molecule has 0 aromatic carbocycles. The summed E-state index contributed by atoms with van der Waals surface area (Å²) in [6.07, 6.45) is 3.23. The van der Waals surface area contributed by atoms with Crippen LogP contribution in [0.5, 0.6) is 0 Å². The molecule has 1 aromatic rings. The van der Waals surface area contributed by atoms with Gasteiger partial charge < -0.3 is 5.32 Å². The lowest BCUT2D eigenvalue weighted by Gasteiger charge is -2.29. The molecule has 1 unspecified atom stereocenters. The number of nitrogens with one attached hydrogen (secondary N) is 1. The molecule has 1 N–H and O–H groups in total. The maximum Gasteiger partial charge on any atom is 0.218 e. The van der Waals surface area contributed by atoms with E-state index in [-0.39, 0.29) is 5.25 Å². The van der Waals surface area contributed by atoms with Gasteiger partial charge in [-0.2, -0.15) is 4.31 Å². The number of hydrogen-bond donors (Lipinski definition) is 1. The summed E-state index contributed by atoms with van der Waals surface area (Å²) in [5.74, 6) is 0. The fourth-order valence-corrected chi connectivity index (χ4v) is 4.79. The highest BCUT2D eigenvalue weighted by molar-refractivity contribution is 7.89. The number of rotatable bonds is 5. The van der Waals surface area contributed by atoms with Crippen LogP contribution in [0.25, 0.3) is 0 Å². The van der Waals surface area contributed by atoms with Gasteiger partial charge in [-0.3, -0.25) is 0 Å². The van der Waals surface area contributed by atoms with Crippen LogP contribution in [-0.2, 0) is 23.0 Å². The second kappa shape index (κ2) is 5.16. The van der Waals surface area contributed by atoms with E-state index in [0.29, 0.717) is 25.7 Å². The highest BCUT2D eigenvalue weighted by atomic mass is 32.2. The molecule has 19 heavy (non-hydrogen) atoms. The molecule has 0 spiro atoms. The maximum absolute atomic E-state index is 12.5. The van der Waals surface area contributed by atoms with Crippen LogP contribution in [0.15, 0.2) is 11.4 Å². The predicted octanol–water partition coefficient (Wildman–Crippen LogP) is 1.58. The number of fused-ring (bicyclic) bond motifs is 1. The molecule has 2 heterocycles. The zero-order valence-corrected chi connectivity index (χ0v) is 12.8. The van der Waals surface area contributed by atoms with Crippen molar-refractivity contribution in [3.63, 3.8) is 0 Å². The van der Waals surface area contributed by atoms with Gasteiger partial charge in [0, 0.05) is 30.6 Å². The van der Waals surface area contributed by atoms with Gasteiger partial charge in [-0.25, -0.2) is 8.42 Å². The average molecular weight is 300 g/mol. The van der Waals surface area contributed by atoms with Crippen molar-refractivity contribution in [3.8, 4) is 0 Å². The molecule has 2 aliphatic rings. The van der Waals surface area contributed by atoms with E-state index in [4.69, 9.17) is 0 Å². The summed E-state index contributed by atoms with van der Waals surface area (Å²) in [5.41, 5.74) is 1.18. The van der Waals surface area contributed by atoms with Crippen LogP contribution in [0.3, 0.4) is 0 Å². The lowest BCUT2D eigenvalue weighted by molar-refractivity contribution is 0.386. The summed E-state index contributed by atoms with van der Waals surface area (Å²) in [4.78, 5) is 1.34. The zero-order chi connectivity index (χ0) is 13.5. The number of nitrogens with zero attached hydrogens (tertiary/aromatic N) is 1. The van der Waals surface area contributed by atoms with Crippen molar-refractivity contribution in [1.82, 2.24) is 9.62 Å². The van der Waals surface area contributed by atoms with Gasteiger partial charge in [0.2, 0.25) is 10.0 Å². The van der Waals surface area contributed by atoms with Crippen LogP contribution >= 0.6 is 11.3 Å². The van der Waals surface area contributed by atoms with Crippen molar-refractivity contribution in [2.75, 3.05) is 13.1 Å². The first-order valence-electron chi connectivity index (χ1n) is 6.85. The number of thiophene rings is 1. The van der Waals surface area contributed by atoms with Gasteiger partial charge in [0.25, 0.3) is 0 Å². The van der Waals surface area contributed by atoms with Crippen molar-refractivity contribution >= 4 is 21.4 Å². The van der Waals surface area contributed by atoms with E-state index >= 15 is 0 Å². The Morgan fingerprint density at radius 3 is 3.05 bits per heavy atom. The minimum absolute atomic E-state index is 0.340. The molecular formula is C13H20N2O2S2.